The fraction of sp³-hybridized carbons (Fsp3) is 0.500. The predicted molar refractivity (Wildman–Crippen MR) is 125 cm³/mol. The monoisotopic (exact) mass is 440 g/mol. The van der Waals surface area contributed by atoms with Crippen LogP contribution in [-0.2, 0) is 9.59 Å². The number of nitrogens with zero attached hydrogens (tertiary/aromatic N) is 3. The Morgan fingerprint density at radius 1 is 1.00 bits per heavy atom. The van der Waals surface area contributed by atoms with E-state index in [9.17, 15) is 9.59 Å². The lowest BCUT2D eigenvalue weighted by Gasteiger charge is -2.35. The highest BCUT2D eigenvalue weighted by atomic mass is 32.1. The Kier molecular flexibility index (Phi) is 7.05. The number of anilines is 1. The molecule has 4 rings (SSSR count). The number of carbonyl (C=O) groups excluding carboxylic acids is 2. The highest BCUT2D eigenvalue weighted by molar-refractivity contribution is 7.10. The highest BCUT2D eigenvalue weighted by Crippen LogP contribution is 2.34. The number of benzene rings is 1. The number of amides is 2. The van der Waals surface area contributed by atoms with Gasteiger partial charge in [-0.2, -0.15) is 0 Å². The number of rotatable bonds is 6. The first-order valence-electron chi connectivity index (χ1n) is 11.1. The van der Waals surface area contributed by atoms with Crippen LogP contribution in [0.2, 0.25) is 0 Å². The van der Waals surface area contributed by atoms with Crippen molar-refractivity contribution in [2.45, 2.75) is 32.7 Å². The van der Waals surface area contributed by atoms with Gasteiger partial charge in [0, 0.05) is 43.3 Å². The van der Waals surface area contributed by atoms with Crippen LogP contribution >= 0.6 is 11.3 Å². The zero-order chi connectivity index (χ0) is 21.8. The molecule has 6 nitrogen and oxygen atoms in total. The average Bonchev–Trinajstić information content (AvgIpc) is 3.44. The van der Waals surface area contributed by atoms with Crippen LogP contribution in [0.5, 0.6) is 0 Å². The molecule has 1 N–H and O–H groups in total. The van der Waals surface area contributed by atoms with Crippen molar-refractivity contribution < 1.29 is 9.59 Å². The lowest BCUT2D eigenvalue weighted by Crippen LogP contribution is -2.51. The average molecular weight is 441 g/mol. The van der Waals surface area contributed by atoms with Gasteiger partial charge in [-0.3, -0.25) is 19.4 Å². The maximum atomic E-state index is 13.0. The van der Waals surface area contributed by atoms with E-state index in [1.807, 2.05) is 19.1 Å². The normalized spacial score (nSPS) is 20.2. The molecular weight excluding hydrogens is 408 g/mol. The van der Waals surface area contributed by atoms with Crippen molar-refractivity contribution in [2.24, 2.45) is 0 Å². The minimum absolute atomic E-state index is 0.0223. The van der Waals surface area contributed by atoms with Crippen molar-refractivity contribution in [3.8, 4) is 0 Å². The molecule has 3 heterocycles. The second-order valence-corrected chi connectivity index (χ2v) is 9.59. The van der Waals surface area contributed by atoms with E-state index < -0.39 is 0 Å². The minimum Gasteiger partial charge on any atom is -0.334 e. The molecule has 2 saturated heterocycles. The Labute approximate surface area is 188 Å². The number of aryl methyl sites for hydroxylation is 1. The van der Waals surface area contributed by atoms with Crippen LogP contribution < -0.4 is 5.32 Å². The second kappa shape index (κ2) is 9.94. The maximum Gasteiger partial charge on any atom is 0.238 e. The Hall–Kier alpha value is -2.22. The molecule has 1 aromatic carbocycles. The summed E-state index contributed by atoms with van der Waals surface area (Å²) >= 11 is 1.74. The van der Waals surface area contributed by atoms with Crippen LogP contribution in [0.3, 0.4) is 0 Å². The first kappa shape index (κ1) is 22.0. The summed E-state index contributed by atoms with van der Waals surface area (Å²) in [7, 11) is 0. The molecule has 7 heteroatoms. The molecule has 2 aromatic rings. The van der Waals surface area contributed by atoms with Crippen LogP contribution in [0.1, 0.15) is 34.9 Å². The molecule has 166 valence electrons. The van der Waals surface area contributed by atoms with Crippen LogP contribution in [0.4, 0.5) is 5.69 Å². The third-order valence-corrected chi connectivity index (χ3v) is 7.49. The standard InChI is InChI=1S/C24H32N4O2S/c1-18-6-3-7-20(19(18)2)25-23(29)16-26-11-13-27(14-12-26)17-24(30)28-10-4-8-21(28)22-9-5-15-31-22/h3,5-7,9,15,21H,4,8,10-14,16-17H2,1-2H3,(H,25,29). The minimum atomic E-state index is 0.0223. The molecule has 0 saturated carbocycles. The number of thiophene rings is 1. The van der Waals surface area contributed by atoms with E-state index in [-0.39, 0.29) is 17.9 Å². The number of carbonyl (C=O) groups is 2. The lowest BCUT2D eigenvalue weighted by molar-refractivity contribution is -0.134. The van der Waals surface area contributed by atoms with Gasteiger partial charge in [0.05, 0.1) is 19.1 Å². The van der Waals surface area contributed by atoms with E-state index in [0.29, 0.717) is 13.1 Å². The first-order valence-corrected chi connectivity index (χ1v) is 12.0. The zero-order valence-electron chi connectivity index (χ0n) is 18.5. The summed E-state index contributed by atoms with van der Waals surface area (Å²) in [5.74, 6) is 0.256. The van der Waals surface area contributed by atoms with Gasteiger partial charge >= 0.3 is 0 Å². The second-order valence-electron chi connectivity index (χ2n) is 8.61. The molecular formula is C24H32N4O2S. The lowest BCUT2D eigenvalue weighted by atomic mass is 10.1. The summed E-state index contributed by atoms with van der Waals surface area (Å²) in [6.45, 7) is 9.07. The molecule has 2 amide bonds. The van der Waals surface area contributed by atoms with E-state index in [4.69, 9.17) is 0 Å². The molecule has 1 atom stereocenters. The molecule has 2 aliphatic rings. The van der Waals surface area contributed by atoms with E-state index in [1.165, 1.54) is 10.4 Å². The van der Waals surface area contributed by atoms with Crippen molar-refractivity contribution in [2.75, 3.05) is 51.1 Å². The molecule has 0 spiro atoms. The summed E-state index contributed by atoms with van der Waals surface area (Å²) in [5.41, 5.74) is 3.18. The molecule has 1 unspecified atom stereocenters. The molecule has 31 heavy (non-hydrogen) atoms. The molecule has 0 radical (unpaired) electrons. The van der Waals surface area contributed by atoms with Gasteiger partial charge < -0.3 is 10.2 Å². The van der Waals surface area contributed by atoms with Gasteiger partial charge in [-0.1, -0.05) is 18.2 Å². The SMILES string of the molecule is Cc1cccc(NC(=O)CN2CCN(CC(=O)N3CCCC3c3cccs3)CC2)c1C. The van der Waals surface area contributed by atoms with Gasteiger partial charge in [-0.25, -0.2) is 0 Å². The Balaban J connectivity index is 1.23. The quantitative estimate of drug-likeness (QED) is 0.749. The van der Waals surface area contributed by atoms with Gasteiger partial charge in [0.15, 0.2) is 0 Å². The first-order chi connectivity index (χ1) is 15.0. The molecule has 1 aromatic heterocycles. The third kappa shape index (κ3) is 5.34. The highest BCUT2D eigenvalue weighted by Gasteiger charge is 2.32. The molecule has 2 aliphatic heterocycles. The Morgan fingerprint density at radius 2 is 1.74 bits per heavy atom. The van der Waals surface area contributed by atoms with Gasteiger partial charge in [0.25, 0.3) is 0 Å². The van der Waals surface area contributed by atoms with Crippen molar-refractivity contribution >= 4 is 28.8 Å². The van der Waals surface area contributed by atoms with Crippen LogP contribution in [-0.4, -0.2) is 72.3 Å². The number of nitrogens with one attached hydrogen (secondary N) is 1. The Bertz CT molecular complexity index is 906. The number of hydrogen-bond donors (Lipinski definition) is 1. The van der Waals surface area contributed by atoms with Gasteiger partial charge in [0.1, 0.15) is 0 Å². The fourth-order valence-electron chi connectivity index (χ4n) is 4.51. The van der Waals surface area contributed by atoms with E-state index in [0.717, 1.165) is 56.8 Å². The van der Waals surface area contributed by atoms with Gasteiger partial charge in [-0.15, -0.1) is 11.3 Å². The van der Waals surface area contributed by atoms with E-state index >= 15 is 0 Å². The fourth-order valence-corrected chi connectivity index (χ4v) is 5.38. The number of hydrogen-bond acceptors (Lipinski definition) is 5. The molecule has 0 bridgehead atoms. The van der Waals surface area contributed by atoms with Crippen molar-refractivity contribution in [1.29, 1.82) is 0 Å². The van der Waals surface area contributed by atoms with E-state index in [2.05, 4.69) is 50.5 Å². The summed E-state index contributed by atoms with van der Waals surface area (Å²) in [4.78, 5) is 33.2. The van der Waals surface area contributed by atoms with Crippen LogP contribution in [0.25, 0.3) is 0 Å². The summed E-state index contributed by atoms with van der Waals surface area (Å²) < 4.78 is 0. The zero-order valence-corrected chi connectivity index (χ0v) is 19.3. The predicted octanol–water partition coefficient (Wildman–Crippen LogP) is 3.28. The van der Waals surface area contributed by atoms with Crippen LogP contribution in [0.15, 0.2) is 35.7 Å². The maximum absolute atomic E-state index is 13.0. The van der Waals surface area contributed by atoms with Crippen molar-refractivity contribution in [1.82, 2.24) is 14.7 Å². The van der Waals surface area contributed by atoms with Gasteiger partial charge in [-0.05, 0) is 55.3 Å². The summed E-state index contributed by atoms with van der Waals surface area (Å²) in [6, 6.07) is 10.4. The number of piperazine rings is 1. The number of likely N-dealkylation sites (tertiary alicyclic amines) is 1. The molecule has 2 fully saturated rings. The van der Waals surface area contributed by atoms with Crippen molar-refractivity contribution in [3.05, 3.63) is 51.7 Å². The summed E-state index contributed by atoms with van der Waals surface area (Å²) in [6.07, 6.45) is 2.15. The largest absolute Gasteiger partial charge is 0.334 e. The molecule has 0 aliphatic carbocycles. The smallest absolute Gasteiger partial charge is 0.238 e. The topological polar surface area (TPSA) is 55.9 Å². The Morgan fingerprint density at radius 3 is 2.45 bits per heavy atom. The van der Waals surface area contributed by atoms with Crippen molar-refractivity contribution in [3.63, 3.8) is 0 Å². The third-order valence-electron chi connectivity index (χ3n) is 6.51. The summed E-state index contributed by atoms with van der Waals surface area (Å²) in [5, 5.41) is 5.13. The van der Waals surface area contributed by atoms with Gasteiger partial charge in [0.2, 0.25) is 11.8 Å². The van der Waals surface area contributed by atoms with E-state index in [1.54, 1.807) is 11.3 Å². The van der Waals surface area contributed by atoms with Crippen LogP contribution in [0, 0.1) is 13.8 Å².